The molecule has 1 aromatic carbocycles. The van der Waals surface area contributed by atoms with Crippen LogP contribution in [0.2, 0.25) is 0 Å². The fourth-order valence-corrected chi connectivity index (χ4v) is 3.18. The maximum atomic E-state index is 12.6. The second kappa shape index (κ2) is 7.18. The van der Waals surface area contributed by atoms with Gasteiger partial charge in [-0.05, 0) is 24.6 Å². The summed E-state index contributed by atoms with van der Waals surface area (Å²) in [6.45, 7) is 3.02. The summed E-state index contributed by atoms with van der Waals surface area (Å²) in [5.41, 5.74) is 1.02. The molecule has 0 unspecified atom stereocenters. The van der Waals surface area contributed by atoms with Crippen molar-refractivity contribution in [3.8, 4) is 17.2 Å². The van der Waals surface area contributed by atoms with Crippen molar-refractivity contribution in [1.29, 1.82) is 0 Å². The average molecular weight is 372 g/mol. The molecule has 2 aliphatic heterocycles. The number of H-pyrrole nitrogens is 1. The van der Waals surface area contributed by atoms with E-state index in [1.165, 1.54) is 6.92 Å². The number of rotatable bonds is 5. The Bertz CT molecular complexity index is 865. The van der Waals surface area contributed by atoms with Gasteiger partial charge in [-0.25, -0.2) is 0 Å². The normalized spacial score (nSPS) is 17.8. The Hall–Kier alpha value is -3.23. The number of nitrogens with zero attached hydrogens (tertiary/aromatic N) is 2. The van der Waals surface area contributed by atoms with Crippen molar-refractivity contribution in [2.75, 3.05) is 19.9 Å². The van der Waals surface area contributed by atoms with E-state index >= 15 is 0 Å². The van der Waals surface area contributed by atoms with E-state index in [2.05, 4.69) is 15.5 Å². The van der Waals surface area contributed by atoms with Gasteiger partial charge in [0, 0.05) is 32.1 Å². The highest BCUT2D eigenvalue weighted by atomic mass is 16.7. The van der Waals surface area contributed by atoms with Gasteiger partial charge in [0.05, 0.1) is 5.69 Å². The molecule has 1 saturated heterocycles. The standard InChI is InChI=1S/C18H20N4O5/c1-11(23)19-12-4-5-22(8-12)18(24)15-6-13(20-21-15)9-25-14-2-3-16-17(7-14)27-10-26-16/h2-3,6-7,12H,4-5,8-10H2,1H3,(H,19,23)(H,20,21)/t12-/m0/s1. The number of carbonyl (C=O) groups excluding carboxylic acids is 2. The number of fused-ring (bicyclic) bond motifs is 1. The van der Waals surface area contributed by atoms with Gasteiger partial charge in [0.1, 0.15) is 12.4 Å². The molecule has 2 aliphatic rings. The molecule has 0 spiro atoms. The molecule has 2 aromatic rings. The Morgan fingerprint density at radius 2 is 2.19 bits per heavy atom. The summed E-state index contributed by atoms with van der Waals surface area (Å²) in [4.78, 5) is 25.4. The molecular weight excluding hydrogens is 352 g/mol. The van der Waals surface area contributed by atoms with Crippen molar-refractivity contribution in [2.45, 2.75) is 26.0 Å². The first-order valence-electron chi connectivity index (χ1n) is 8.71. The molecule has 3 heterocycles. The lowest BCUT2D eigenvalue weighted by Crippen LogP contribution is -2.37. The SMILES string of the molecule is CC(=O)N[C@H]1CCN(C(=O)c2cc(COc3ccc4c(c3)OCO4)[nH]n2)C1. The zero-order valence-electron chi connectivity index (χ0n) is 14.9. The second-order valence-electron chi connectivity index (χ2n) is 6.52. The fraction of sp³-hybridized carbons (Fsp3) is 0.389. The van der Waals surface area contributed by atoms with E-state index < -0.39 is 0 Å². The minimum absolute atomic E-state index is 0.000738. The van der Waals surface area contributed by atoms with Gasteiger partial charge < -0.3 is 24.4 Å². The van der Waals surface area contributed by atoms with E-state index in [-0.39, 0.29) is 31.3 Å². The summed E-state index contributed by atoms with van der Waals surface area (Å²) in [7, 11) is 0. The molecule has 9 heteroatoms. The van der Waals surface area contributed by atoms with Crippen LogP contribution < -0.4 is 19.5 Å². The first-order valence-corrected chi connectivity index (χ1v) is 8.71. The first-order chi connectivity index (χ1) is 13.1. The molecule has 1 aromatic heterocycles. The third-order valence-corrected chi connectivity index (χ3v) is 4.47. The molecule has 2 amide bonds. The number of aromatic amines is 1. The van der Waals surface area contributed by atoms with Gasteiger partial charge in [-0.15, -0.1) is 0 Å². The monoisotopic (exact) mass is 372 g/mol. The smallest absolute Gasteiger partial charge is 0.274 e. The van der Waals surface area contributed by atoms with Crippen molar-refractivity contribution >= 4 is 11.8 Å². The minimum Gasteiger partial charge on any atom is -0.487 e. The van der Waals surface area contributed by atoms with Gasteiger partial charge >= 0.3 is 0 Å². The lowest BCUT2D eigenvalue weighted by Gasteiger charge is -2.15. The van der Waals surface area contributed by atoms with Crippen LogP contribution in [0.15, 0.2) is 24.3 Å². The number of amides is 2. The summed E-state index contributed by atoms with van der Waals surface area (Å²) in [6.07, 6.45) is 0.746. The lowest BCUT2D eigenvalue weighted by atomic mass is 10.2. The maximum Gasteiger partial charge on any atom is 0.274 e. The highest BCUT2D eigenvalue weighted by Gasteiger charge is 2.28. The van der Waals surface area contributed by atoms with Gasteiger partial charge in [0.25, 0.3) is 5.91 Å². The summed E-state index contributed by atoms with van der Waals surface area (Å²) < 4.78 is 16.3. The number of likely N-dealkylation sites (tertiary alicyclic amines) is 1. The van der Waals surface area contributed by atoms with Gasteiger partial charge in [-0.1, -0.05) is 0 Å². The number of hydrogen-bond donors (Lipinski definition) is 2. The quantitative estimate of drug-likeness (QED) is 0.813. The van der Waals surface area contributed by atoms with Gasteiger partial charge in [0.2, 0.25) is 12.7 Å². The van der Waals surface area contributed by atoms with Crippen molar-refractivity contribution < 1.29 is 23.8 Å². The van der Waals surface area contributed by atoms with Crippen molar-refractivity contribution in [3.05, 3.63) is 35.7 Å². The Labute approximate surface area is 155 Å². The van der Waals surface area contributed by atoms with Gasteiger partial charge in [-0.3, -0.25) is 14.7 Å². The molecule has 4 rings (SSSR count). The van der Waals surface area contributed by atoms with Crippen LogP contribution in [-0.4, -0.2) is 52.8 Å². The summed E-state index contributed by atoms with van der Waals surface area (Å²) in [5.74, 6) is 1.74. The van der Waals surface area contributed by atoms with E-state index in [1.54, 1.807) is 29.2 Å². The van der Waals surface area contributed by atoms with Crippen LogP contribution in [0.4, 0.5) is 0 Å². The first kappa shape index (κ1) is 17.2. The van der Waals surface area contributed by atoms with Crippen molar-refractivity contribution in [1.82, 2.24) is 20.4 Å². The lowest BCUT2D eigenvalue weighted by molar-refractivity contribution is -0.119. The number of nitrogens with one attached hydrogen (secondary N) is 2. The van der Waals surface area contributed by atoms with Crippen LogP contribution in [0.3, 0.4) is 0 Å². The van der Waals surface area contributed by atoms with E-state index in [1.807, 2.05) is 0 Å². The van der Waals surface area contributed by atoms with E-state index in [0.717, 1.165) is 6.42 Å². The molecule has 9 nitrogen and oxygen atoms in total. The number of ether oxygens (including phenoxy) is 3. The van der Waals surface area contributed by atoms with E-state index in [4.69, 9.17) is 14.2 Å². The Kier molecular flexibility index (Phi) is 4.57. The predicted octanol–water partition coefficient (Wildman–Crippen LogP) is 1.07. The van der Waals surface area contributed by atoms with Crippen LogP contribution in [0, 0.1) is 0 Å². The summed E-state index contributed by atoms with van der Waals surface area (Å²) in [6, 6.07) is 7.03. The molecule has 0 bridgehead atoms. The predicted molar refractivity (Wildman–Crippen MR) is 93.6 cm³/mol. The highest BCUT2D eigenvalue weighted by molar-refractivity contribution is 5.92. The fourth-order valence-electron chi connectivity index (χ4n) is 3.18. The Morgan fingerprint density at radius 1 is 1.33 bits per heavy atom. The number of aromatic nitrogens is 2. The maximum absolute atomic E-state index is 12.6. The molecule has 142 valence electrons. The number of carbonyl (C=O) groups is 2. The molecule has 27 heavy (non-hydrogen) atoms. The molecule has 1 atom stereocenters. The number of benzene rings is 1. The third kappa shape index (κ3) is 3.81. The van der Waals surface area contributed by atoms with Crippen LogP contribution in [0.5, 0.6) is 17.2 Å². The van der Waals surface area contributed by atoms with Crippen molar-refractivity contribution in [3.63, 3.8) is 0 Å². The van der Waals surface area contributed by atoms with Gasteiger partial charge in [-0.2, -0.15) is 5.10 Å². The van der Waals surface area contributed by atoms with Crippen LogP contribution >= 0.6 is 0 Å². The average Bonchev–Trinajstić information content (AvgIpc) is 3.38. The van der Waals surface area contributed by atoms with Crippen LogP contribution in [0.25, 0.3) is 0 Å². The topological polar surface area (TPSA) is 106 Å². The van der Waals surface area contributed by atoms with E-state index in [0.29, 0.717) is 41.7 Å². The molecule has 0 aliphatic carbocycles. The summed E-state index contributed by atoms with van der Waals surface area (Å²) >= 11 is 0. The zero-order chi connectivity index (χ0) is 18.8. The molecule has 0 saturated carbocycles. The van der Waals surface area contributed by atoms with Crippen LogP contribution in [-0.2, 0) is 11.4 Å². The highest BCUT2D eigenvalue weighted by Crippen LogP contribution is 2.35. The van der Waals surface area contributed by atoms with Crippen molar-refractivity contribution in [2.24, 2.45) is 0 Å². The summed E-state index contributed by atoms with van der Waals surface area (Å²) in [5, 5.41) is 9.76. The van der Waals surface area contributed by atoms with Gasteiger partial charge in [0.15, 0.2) is 17.2 Å². The Balaban J connectivity index is 1.33. The molecule has 1 fully saturated rings. The minimum atomic E-state index is -0.159. The second-order valence-corrected chi connectivity index (χ2v) is 6.52. The largest absolute Gasteiger partial charge is 0.487 e. The van der Waals surface area contributed by atoms with E-state index in [9.17, 15) is 9.59 Å². The number of hydrogen-bond acceptors (Lipinski definition) is 6. The zero-order valence-corrected chi connectivity index (χ0v) is 14.9. The molecular formula is C18H20N4O5. The Morgan fingerprint density at radius 3 is 3.04 bits per heavy atom. The van der Waals surface area contributed by atoms with Crippen LogP contribution in [0.1, 0.15) is 29.5 Å². The third-order valence-electron chi connectivity index (χ3n) is 4.47. The molecule has 0 radical (unpaired) electrons. The molecule has 2 N–H and O–H groups in total.